The molecule has 104 valence electrons. The maximum Gasteiger partial charge on any atom is 0.343 e. The molecule has 1 unspecified atom stereocenters. The van der Waals surface area contributed by atoms with Gasteiger partial charge in [0.05, 0.1) is 0 Å². The second-order valence-electron chi connectivity index (χ2n) is 5.14. The van der Waals surface area contributed by atoms with E-state index in [4.69, 9.17) is 0 Å². The van der Waals surface area contributed by atoms with Crippen molar-refractivity contribution in [3.05, 3.63) is 16.3 Å². The second kappa shape index (κ2) is 6.70. The molecule has 1 aromatic rings. The SMILES string of the molecule is CC(CN(C)C(C)C)NCCc1n[nH]c(=O)n1C. The smallest absolute Gasteiger partial charge is 0.313 e. The van der Waals surface area contributed by atoms with Crippen LogP contribution in [0.25, 0.3) is 0 Å². The predicted molar refractivity (Wildman–Crippen MR) is 72.8 cm³/mol. The highest BCUT2D eigenvalue weighted by Crippen LogP contribution is 1.96. The van der Waals surface area contributed by atoms with E-state index in [9.17, 15) is 4.79 Å². The van der Waals surface area contributed by atoms with Crippen LogP contribution in [0, 0.1) is 0 Å². The summed E-state index contributed by atoms with van der Waals surface area (Å²) in [6.45, 7) is 8.38. The van der Waals surface area contributed by atoms with Gasteiger partial charge in [0, 0.05) is 38.6 Å². The number of rotatable bonds is 7. The van der Waals surface area contributed by atoms with Crippen LogP contribution in [0.5, 0.6) is 0 Å². The molecule has 1 heterocycles. The molecule has 1 rings (SSSR count). The summed E-state index contributed by atoms with van der Waals surface area (Å²) in [5, 5.41) is 9.86. The number of hydrogen-bond acceptors (Lipinski definition) is 4. The minimum Gasteiger partial charge on any atom is -0.313 e. The Labute approximate surface area is 108 Å². The Bertz CT molecular complexity index is 409. The van der Waals surface area contributed by atoms with Crippen molar-refractivity contribution in [1.29, 1.82) is 0 Å². The van der Waals surface area contributed by atoms with E-state index in [2.05, 4.69) is 48.2 Å². The molecular weight excluding hydrogens is 230 g/mol. The van der Waals surface area contributed by atoms with Crippen molar-refractivity contribution in [2.24, 2.45) is 7.05 Å². The molecule has 0 aliphatic heterocycles. The van der Waals surface area contributed by atoms with Crippen molar-refractivity contribution >= 4 is 0 Å². The van der Waals surface area contributed by atoms with E-state index in [1.54, 1.807) is 11.6 Å². The van der Waals surface area contributed by atoms with Crippen LogP contribution in [-0.4, -0.2) is 51.9 Å². The fraction of sp³-hybridized carbons (Fsp3) is 0.833. The first-order valence-corrected chi connectivity index (χ1v) is 6.45. The average molecular weight is 255 g/mol. The molecular formula is C12H25N5O. The molecule has 18 heavy (non-hydrogen) atoms. The molecule has 2 N–H and O–H groups in total. The molecule has 0 radical (unpaired) electrons. The van der Waals surface area contributed by atoms with Gasteiger partial charge >= 0.3 is 5.69 Å². The molecule has 0 saturated heterocycles. The Morgan fingerprint density at radius 2 is 2.11 bits per heavy atom. The predicted octanol–water partition coefficient (Wildman–Crippen LogP) is -0.0308. The summed E-state index contributed by atoms with van der Waals surface area (Å²) in [7, 11) is 3.86. The first-order valence-electron chi connectivity index (χ1n) is 6.45. The largest absolute Gasteiger partial charge is 0.343 e. The molecule has 6 nitrogen and oxygen atoms in total. The van der Waals surface area contributed by atoms with Crippen LogP contribution < -0.4 is 11.0 Å². The summed E-state index contributed by atoms with van der Waals surface area (Å²) in [6.07, 6.45) is 0.755. The first-order chi connectivity index (χ1) is 8.41. The molecule has 0 amide bonds. The number of hydrogen-bond donors (Lipinski definition) is 2. The number of H-pyrrole nitrogens is 1. The van der Waals surface area contributed by atoms with Gasteiger partial charge < -0.3 is 10.2 Å². The number of nitrogens with one attached hydrogen (secondary N) is 2. The highest BCUT2D eigenvalue weighted by molar-refractivity contribution is 4.86. The van der Waals surface area contributed by atoms with Crippen LogP contribution in [0.3, 0.4) is 0 Å². The van der Waals surface area contributed by atoms with Gasteiger partial charge in [-0.25, -0.2) is 9.89 Å². The van der Waals surface area contributed by atoms with Gasteiger partial charge in [-0.05, 0) is 27.8 Å². The summed E-state index contributed by atoms with van der Waals surface area (Å²) in [6, 6.07) is 0.981. The van der Waals surface area contributed by atoms with Gasteiger partial charge in [0.2, 0.25) is 0 Å². The molecule has 0 saturated carbocycles. The van der Waals surface area contributed by atoms with E-state index in [1.807, 2.05) is 0 Å². The normalized spacial score (nSPS) is 13.5. The number of nitrogens with zero attached hydrogens (tertiary/aromatic N) is 3. The standard InChI is InChI=1S/C12H25N5O/c1-9(2)16(4)8-10(3)13-7-6-11-14-15-12(18)17(11)5/h9-10,13H,6-8H2,1-5H3,(H,15,18). The van der Waals surface area contributed by atoms with Gasteiger partial charge in [-0.2, -0.15) is 5.10 Å². The van der Waals surface area contributed by atoms with Gasteiger partial charge in [0.1, 0.15) is 5.82 Å². The van der Waals surface area contributed by atoms with E-state index in [-0.39, 0.29) is 5.69 Å². The fourth-order valence-corrected chi connectivity index (χ4v) is 1.74. The van der Waals surface area contributed by atoms with Crippen LogP contribution in [0.4, 0.5) is 0 Å². The van der Waals surface area contributed by atoms with Crippen molar-refractivity contribution in [2.45, 2.75) is 39.3 Å². The Kier molecular flexibility index (Phi) is 5.55. The van der Waals surface area contributed by atoms with Gasteiger partial charge in [0.15, 0.2) is 0 Å². The van der Waals surface area contributed by atoms with Crippen LogP contribution in [0.15, 0.2) is 4.79 Å². The molecule has 6 heteroatoms. The van der Waals surface area contributed by atoms with Crippen molar-refractivity contribution in [3.63, 3.8) is 0 Å². The third kappa shape index (κ3) is 4.27. The van der Waals surface area contributed by atoms with Crippen LogP contribution >= 0.6 is 0 Å². The molecule has 0 spiro atoms. The molecule has 0 aliphatic rings. The van der Waals surface area contributed by atoms with Gasteiger partial charge in [0.25, 0.3) is 0 Å². The van der Waals surface area contributed by atoms with Crippen molar-refractivity contribution in [1.82, 2.24) is 25.0 Å². The molecule has 0 aromatic carbocycles. The summed E-state index contributed by atoms with van der Waals surface area (Å²) >= 11 is 0. The zero-order valence-electron chi connectivity index (χ0n) is 12.0. The summed E-state index contributed by atoms with van der Waals surface area (Å²) < 4.78 is 1.55. The molecule has 0 bridgehead atoms. The maximum atomic E-state index is 11.2. The van der Waals surface area contributed by atoms with E-state index >= 15 is 0 Å². The van der Waals surface area contributed by atoms with Gasteiger partial charge in [-0.15, -0.1) is 0 Å². The Morgan fingerprint density at radius 1 is 1.44 bits per heavy atom. The maximum absolute atomic E-state index is 11.2. The monoisotopic (exact) mass is 255 g/mol. The third-order valence-corrected chi connectivity index (χ3v) is 3.26. The van der Waals surface area contributed by atoms with Gasteiger partial charge in [-0.1, -0.05) is 0 Å². The van der Waals surface area contributed by atoms with E-state index < -0.39 is 0 Å². The third-order valence-electron chi connectivity index (χ3n) is 3.26. The second-order valence-corrected chi connectivity index (χ2v) is 5.14. The average Bonchev–Trinajstić information content (AvgIpc) is 2.60. The molecule has 1 atom stereocenters. The Morgan fingerprint density at radius 3 is 2.61 bits per heavy atom. The Hall–Kier alpha value is -1.14. The molecule has 1 aromatic heterocycles. The first kappa shape index (κ1) is 14.9. The van der Waals surface area contributed by atoms with E-state index in [1.165, 1.54) is 0 Å². The van der Waals surface area contributed by atoms with E-state index in [0.29, 0.717) is 12.1 Å². The highest BCUT2D eigenvalue weighted by Gasteiger charge is 2.09. The van der Waals surface area contributed by atoms with Crippen LogP contribution in [-0.2, 0) is 13.5 Å². The minimum absolute atomic E-state index is 0.155. The zero-order valence-corrected chi connectivity index (χ0v) is 12.0. The van der Waals surface area contributed by atoms with Crippen molar-refractivity contribution in [3.8, 4) is 0 Å². The quantitative estimate of drug-likeness (QED) is 0.718. The summed E-state index contributed by atoms with van der Waals surface area (Å²) in [4.78, 5) is 13.5. The summed E-state index contributed by atoms with van der Waals surface area (Å²) in [5.41, 5.74) is -0.155. The zero-order chi connectivity index (χ0) is 13.7. The molecule has 0 fully saturated rings. The van der Waals surface area contributed by atoms with E-state index in [0.717, 1.165) is 25.3 Å². The lowest BCUT2D eigenvalue weighted by Crippen LogP contribution is -2.41. The van der Waals surface area contributed by atoms with Crippen molar-refractivity contribution < 1.29 is 0 Å². The lowest BCUT2D eigenvalue weighted by molar-refractivity contribution is 0.247. The van der Waals surface area contributed by atoms with Gasteiger partial charge in [-0.3, -0.25) is 4.57 Å². The van der Waals surface area contributed by atoms with Crippen LogP contribution in [0.2, 0.25) is 0 Å². The summed E-state index contributed by atoms with van der Waals surface area (Å²) in [5.74, 6) is 0.789. The number of likely N-dealkylation sites (N-methyl/N-ethyl adjacent to an activating group) is 1. The lowest BCUT2D eigenvalue weighted by atomic mass is 10.2. The highest BCUT2D eigenvalue weighted by atomic mass is 16.1. The number of aromatic amines is 1. The fourth-order valence-electron chi connectivity index (χ4n) is 1.74. The molecule has 0 aliphatic carbocycles. The van der Waals surface area contributed by atoms with Crippen LogP contribution in [0.1, 0.15) is 26.6 Å². The Balaban J connectivity index is 2.29. The topological polar surface area (TPSA) is 66.0 Å². The minimum atomic E-state index is -0.155. The lowest BCUT2D eigenvalue weighted by Gasteiger charge is -2.25. The number of aromatic nitrogens is 3. The van der Waals surface area contributed by atoms with Crippen molar-refractivity contribution in [2.75, 3.05) is 20.1 Å².